The highest BCUT2D eigenvalue weighted by Crippen LogP contribution is 2.30. The largest absolute Gasteiger partial charge is 0.507 e. The number of carbonyl (C=O) groups is 1. The molecule has 0 saturated heterocycles. The number of nitrogens with two attached hydrogens (primary N) is 1. The number of methoxy groups -OCH3 is 1. The lowest BCUT2D eigenvalue weighted by molar-refractivity contribution is 0.0950. The minimum absolute atomic E-state index is 0.0953. The quantitative estimate of drug-likeness (QED) is 0.132. The van der Waals surface area contributed by atoms with Gasteiger partial charge in [0, 0.05) is 28.1 Å². The Kier molecular flexibility index (Phi) is 9.70. The van der Waals surface area contributed by atoms with E-state index in [1.807, 2.05) is 48.5 Å². The molecule has 4 aromatic rings. The van der Waals surface area contributed by atoms with E-state index in [2.05, 4.69) is 10.0 Å². The second-order valence-electron chi connectivity index (χ2n) is 9.00. The number of hydrogen-bond donors (Lipinski definition) is 4. The number of anilines is 1. The van der Waals surface area contributed by atoms with Gasteiger partial charge in [0.2, 0.25) is 10.0 Å². The average molecular weight is 578 g/mol. The number of rotatable bonds is 12. The lowest BCUT2D eigenvalue weighted by atomic mass is 10.0. The van der Waals surface area contributed by atoms with Crippen molar-refractivity contribution < 1.29 is 23.1 Å². The molecule has 0 bridgehead atoms. The Labute approximate surface area is 238 Å². The fourth-order valence-electron chi connectivity index (χ4n) is 4.01. The van der Waals surface area contributed by atoms with Gasteiger partial charge in [0.15, 0.2) is 0 Å². The zero-order valence-corrected chi connectivity index (χ0v) is 23.5. The van der Waals surface area contributed by atoms with Crippen LogP contribution >= 0.6 is 11.8 Å². The number of amides is 1. The molecule has 0 aliphatic heterocycles. The summed E-state index contributed by atoms with van der Waals surface area (Å²) in [6, 6.07) is 27.3. The topological polar surface area (TPSA) is 131 Å². The molecule has 4 aromatic carbocycles. The molecule has 0 heterocycles. The van der Waals surface area contributed by atoms with Crippen LogP contribution in [0.1, 0.15) is 34.8 Å². The monoisotopic (exact) mass is 577 g/mol. The van der Waals surface area contributed by atoms with Crippen molar-refractivity contribution in [2.24, 2.45) is 0 Å². The molecule has 4 rings (SSSR count). The predicted octanol–water partition coefficient (Wildman–Crippen LogP) is 5.36. The van der Waals surface area contributed by atoms with E-state index in [4.69, 9.17) is 10.5 Å². The first kappa shape index (κ1) is 29.0. The number of sulfonamides is 1. The third kappa shape index (κ3) is 7.78. The maximum absolute atomic E-state index is 13.3. The van der Waals surface area contributed by atoms with Gasteiger partial charge < -0.3 is 20.9 Å². The molecule has 5 N–H and O–H groups in total. The maximum Gasteiger partial charge on any atom is 0.255 e. The van der Waals surface area contributed by atoms with E-state index in [0.717, 1.165) is 15.4 Å². The average Bonchev–Trinajstić information content (AvgIpc) is 2.96. The first-order chi connectivity index (χ1) is 19.2. The molecule has 1 amide bonds. The predicted molar refractivity (Wildman–Crippen MR) is 157 cm³/mol. The fourth-order valence-corrected chi connectivity index (χ4v) is 6.09. The Hall–Kier alpha value is -3.99. The minimum atomic E-state index is -3.84. The summed E-state index contributed by atoms with van der Waals surface area (Å²) in [7, 11) is -2.32. The number of phenolic OH excluding ortho intramolecular Hbond substituents is 1. The van der Waals surface area contributed by atoms with E-state index >= 15 is 0 Å². The summed E-state index contributed by atoms with van der Waals surface area (Å²) in [6.07, 6.45) is 0.929. The molecule has 0 spiro atoms. The number of para-hydroxylation sites is 1. The Bertz CT molecular complexity index is 1530. The Morgan fingerprint density at radius 3 is 2.17 bits per heavy atom. The molecule has 208 valence electrons. The second-order valence-corrected chi connectivity index (χ2v) is 11.9. The number of ether oxygens (including phenoxy) is 1. The SMILES string of the molecule is COc1ccc(S(=O)(=O)NC(CCCNC(=O)c2ccccc2O)c2ccc(Sc3ccc(N)cc3)cc2)cc1. The molecule has 40 heavy (non-hydrogen) atoms. The third-order valence-corrected chi connectivity index (χ3v) is 8.67. The van der Waals surface area contributed by atoms with Crippen molar-refractivity contribution in [2.75, 3.05) is 19.4 Å². The smallest absolute Gasteiger partial charge is 0.255 e. The van der Waals surface area contributed by atoms with E-state index in [1.54, 1.807) is 42.1 Å². The number of nitrogens with one attached hydrogen (secondary N) is 2. The van der Waals surface area contributed by atoms with E-state index in [1.165, 1.54) is 25.3 Å². The maximum atomic E-state index is 13.3. The number of nitrogen functional groups attached to an aromatic ring is 1. The Morgan fingerprint density at radius 2 is 1.55 bits per heavy atom. The van der Waals surface area contributed by atoms with Crippen LogP contribution < -0.4 is 20.5 Å². The number of hydrogen-bond acceptors (Lipinski definition) is 7. The summed E-state index contributed by atoms with van der Waals surface area (Å²) in [6.45, 7) is 0.305. The standard InChI is InChI=1S/C30H31N3O5S2/c1-38-23-12-18-26(19-13-23)40(36,37)33-28(6-4-20-32-30(35)27-5-2-3-7-29(27)34)21-8-14-24(15-9-21)39-25-16-10-22(31)11-17-25/h2-3,5,7-19,28,33-34H,4,6,20,31H2,1H3,(H,32,35). The number of carbonyl (C=O) groups excluding carboxylic acids is 1. The van der Waals surface area contributed by atoms with E-state index in [-0.39, 0.29) is 16.2 Å². The van der Waals surface area contributed by atoms with Crippen LogP contribution in [0.4, 0.5) is 5.69 Å². The summed E-state index contributed by atoms with van der Waals surface area (Å²) in [4.78, 5) is 14.6. The fraction of sp³-hybridized carbons (Fsp3) is 0.167. The molecule has 0 fully saturated rings. The van der Waals surface area contributed by atoms with Gasteiger partial charge in [-0.05, 0) is 91.2 Å². The molecular weight excluding hydrogens is 546 g/mol. The summed E-state index contributed by atoms with van der Waals surface area (Å²) in [5.74, 6) is 0.0736. The van der Waals surface area contributed by atoms with Crippen LogP contribution in [0.15, 0.2) is 112 Å². The van der Waals surface area contributed by atoms with Gasteiger partial charge in [-0.25, -0.2) is 13.1 Å². The van der Waals surface area contributed by atoms with Gasteiger partial charge in [0.1, 0.15) is 11.5 Å². The summed E-state index contributed by atoms with van der Waals surface area (Å²) < 4.78 is 34.5. The molecular formula is C30H31N3O5S2. The van der Waals surface area contributed by atoms with E-state index in [0.29, 0.717) is 30.8 Å². The summed E-state index contributed by atoms with van der Waals surface area (Å²) >= 11 is 1.58. The van der Waals surface area contributed by atoms with Crippen molar-refractivity contribution in [3.63, 3.8) is 0 Å². The van der Waals surface area contributed by atoms with Gasteiger partial charge in [0.05, 0.1) is 17.6 Å². The number of aromatic hydroxyl groups is 1. The first-order valence-electron chi connectivity index (χ1n) is 12.6. The molecule has 10 heteroatoms. The van der Waals surface area contributed by atoms with Crippen molar-refractivity contribution in [1.29, 1.82) is 0 Å². The Morgan fingerprint density at radius 1 is 0.925 bits per heavy atom. The highest BCUT2D eigenvalue weighted by atomic mass is 32.2. The van der Waals surface area contributed by atoms with Crippen LogP contribution in [-0.4, -0.2) is 33.1 Å². The molecule has 0 saturated carbocycles. The van der Waals surface area contributed by atoms with Crippen LogP contribution in [0.25, 0.3) is 0 Å². The third-order valence-electron chi connectivity index (χ3n) is 6.17. The van der Waals surface area contributed by atoms with Gasteiger partial charge in [0.25, 0.3) is 5.91 Å². The van der Waals surface area contributed by atoms with Crippen molar-refractivity contribution in [2.45, 2.75) is 33.6 Å². The highest BCUT2D eigenvalue weighted by molar-refractivity contribution is 7.99. The van der Waals surface area contributed by atoms with E-state index < -0.39 is 22.0 Å². The molecule has 0 radical (unpaired) electrons. The van der Waals surface area contributed by atoms with Gasteiger partial charge >= 0.3 is 0 Å². The van der Waals surface area contributed by atoms with E-state index in [9.17, 15) is 18.3 Å². The lowest BCUT2D eigenvalue weighted by Gasteiger charge is -2.20. The van der Waals surface area contributed by atoms with Crippen LogP contribution in [0, 0.1) is 0 Å². The Balaban J connectivity index is 1.47. The highest BCUT2D eigenvalue weighted by Gasteiger charge is 2.22. The molecule has 8 nitrogen and oxygen atoms in total. The second kappa shape index (κ2) is 13.4. The molecule has 0 aliphatic rings. The van der Waals surface area contributed by atoms with Crippen molar-refractivity contribution in [3.05, 3.63) is 108 Å². The molecule has 0 aromatic heterocycles. The number of benzene rings is 4. The van der Waals surface area contributed by atoms with Gasteiger partial charge in [-0.1, -0.05) is 36.0 Å². The van der Waals surface area contributed by atoms with Crippen molar-refractivity contribution in [1.82, 2.24) is 10.0 Å². The summed E-state index contributed by atoms with van der Waals surface area (Å²) in [5.41, 5.74) is 7.46. The zero-order valence-electron chi connectivity index (χ0n) is 21.9. The summed E-state index contributed by atoms with van der Waals surface area (Å²) in [5, 5.41) is 12.7. The lowest BCUT2D eigenvalue weighted by Crippen LogP contribution is -2.30. The van der Waals surface area contributed by atoms with Crippen LogP contribution in [-0.2, 0) is 10.0 Å². The zero-order chi connectivity index (χ0) is 28.5. The van der Waals surface area contributed by atoms with Gasteiger partial charge in [-0.15, -0.1) is 0 Å². The molecule has 1 atom stereocenters. The van der Waals surface area contributed by atoms with Crippen LogP contribution in [0.2, 0.25) is 0 Å². The molecule has 0 aliphatic carbocycles. The van der Waals surface area contributed by atoms with Crippen LogP contribution in [0.5, 0.6) is 11.5 Å². The van der Waals surface area contributed by atoms with Gasteiger partial charge in [-0.3, -0.25) is 4.79 Å². The normalized spacial score (nSPS) is 12.0. The minimum Gasteiger partial charge on any atom is -0.507 e. The van der Waals surface area contributed by atoms with Gasteiger partial charge in [-0.2, -0.15) is 0 Å². The van der Waals surface area contributed by atoms with Crippen molar-refractivity contribution >= 4 is 33.4 Å². The van der Waals surface area contributed by atoms with Crippen molar-refractivity contribution in [3.8, 4) is 11.5 Å². The number of phenols is 1. The molecule has 1 unspecified atom stereocenters. The van der Waals surface area contributed by atoms with Crippen LogP contribution in [0.3, 0.4) is 0 Å². The first-order valence-corrected chi connectivity index (χ1v) is 14.9.